The summed E-state index contributed by atoms with van der Waals surface area (Å²) in [6.45, 7) is 1.07. The van der Waals surface area contributed by atoms with Crippen LogP contribution in [-0.4, -0.2) is 24.3 Å². The Morgan fingerprint density at radius 3 is 3.00 bits per heavy atom. The van der Waals surface area contributed by atoms with Gasteiger partial charge in [0.25, 0.3) is 0 Å². The molecule has 0 bridgehead atoms. The number of nitrogens with zero attached hydrogens (tertiary/aromatic N) is 2. The van der Waals surface area contributed by atoms with Gasteiger partial charge in [-0.25, -0.2) is 0 Å². The molecule has 92 valence electrons. The molecule has 1 aromatic carbocycles. The lowest BCUT2D eigenvalue weighted by molar-refractivity contribution is -0.119. The first kappa shape index (κ1) is 12.7. The smallest absolute Gasteiger partial charge is 0.160 e. The number of thiophene rings is 1. The average molecular weight is 258 g/mol. The van der Waals surface area contributed by atoms with Crippen molar-refractivity contribution in [1.82, 2.24) is 4.90 Å². The van der Waals surface area contributed by atoms with Crippen LogP contribution in [0.25, 0.3) is 10.1 Å². The van der Waals surface area contributed by atoms with Crippen molar-refractivity contribution in [2.24, 2.45) is 0 Å². The first-order chi connectivity index (χ1) is 8.70. The molecule has 2 rings (SSSR count). The van der Waals surface area contributed by atoms with Gasteiger partial charge in [-0.3, -0.25) is 9.69 Å². The second-order valence-electron chi connectivity index (χ2n) is 4.30. The standard InChI is InChI=1S/C14H14N2OS/c1-16(9-12(17)6-7-15)8-11-10-18-14-5-3-2-4-13(11)14/h2-5,10H,6,8-9H2,1H3. The van der Waals surface area contributed by atoms with Crippen molar-refractivity contribution in [2.45, 2.75) is 13.0 Å². The molecule has 0 radical (unpaired) electrons. The van der Waals surface area contributed by atoms with Crippen LogP contribution < -0.4 is 0 Å². The van der Waals surface area contributed by atoms with Gasteiger partial charge >= 0.3 is 0 Å². The van der Waals surface area contributed by atoms with Crippen LogP contribution in [0.2, 0.25) is 0 Å². The molecule has 0 fully saturated rings. The van der Waals surface area contributed by atoms with Crippen molar-refractivity contribution >= 4 is 27.2 Å². The number of rotatable bonds is 5. The zero-order valence-corrected chi connectivity index (χ0v) is 11.0. The molecule has 2 aromatic rings. The van der Waals surface area contributed by atoms with Gasteiger partial charge in [-0.05, 0) is 29.4 Å². The van der Waals surface area contributed by atoms with E-state index in [0.717, 1.165) is 6.54 Å². The third kappa shape index (κ3) is 2.95. The minimum absolute atomic E-state index is 0.00523. The van der Waals surface area contributed by atoms with Crippen LogP contribution in [0.15, 0.2) is 29.6 Å². The van der Waals surface area contributed by atoms with E-state index in [4.69, 9.17) is 5.26 Å². The second kappa shape index (κ2) is 5.76. The number of hydrogen-bond donors (Lipinski definition) is 0. The summed E-state index contributed by atoms with van der Waals surface area (Å²) in [5.74, 6) is -0.0282. The number of carbonyl (C=O) groups is 1. The number of nitriles is 1. The molecule has 0 N–H and O–H groups in total. The highest BCUT2D eigenvalue weighted by Gasteiger charge is 2.09. The number of fused-ring (bicyclic) bond motifs is 1. The highest BCUT2D eigenvalue weighted by molar-refractivity contribution is 7.17. The van der Waals surface area contributed by atoms with Crippen molar-refractivity contribution in [3.63, 3.8) is 0 Å². The van der Waals surface area contributed by atoms with E-state index in [1.165, 1.54) is 15.6 Å². The fourth-order valence-electron chi connectivity index (χ4n) is 1.95. The molecule has 0 saturated heterocycles. The first-order valence-electron chi connectivity index (χ1n) is 5.73. The van der Waals surface area contributed by atoms with Gasteiger partial charge in [-0.2, -0.15) is 5.26 Å². The van der Waals surface area contributed by atoms with Crippen LogP contribution in [0.3, 0.4) is 0 Å². The summed E-state index contributed by atoms with van der Waals surface area (Å²) < 4.78 is 1.27. The van der Waals surface area contributed by atoms with Crippen molar-refractivity contribution in [3.05, 3.63) is 35.2 Å². The predicted octanol–water partition coefficient (Wildman–Crippen LogP) is 2.82. The van der Waals surface area contributed by atoms with Crippen molar-refractivity contribution in [2.75, 3.05) is 13.6 Å². The third-order valence-electron chi connectivity index (χ3n) is 2.72. The van der Waals surface area contributed by atoms with Gasteiger partial charge < -0.3 is 0 Å². The largest absolute Gasteiger partial charge is 0.297 e. The number of hydrogen-bond acceptors (Lipinski definition) is 4. The Labute approximate surface area is 110 Å². The zero-order valence-electron chi connectivity index (χ0n) is 10.2. The van der Waals surface area contributed by atoms with E-state index in [-0.39, 0.29) is 12.2 Å². The van der Waals surface area contributed by atoms with Gasteiger partial charge in [0.2, 0.25) is 0 Å². The molecule has 0 aliphatic carbocycles. The Kier molecular flexibility index (Phi) is 4.08. The molecule has 0 aliphatic heterocycles. The van der Waals surface area contributed by atoms with E-state index in [9.17, 15) is 4.79 Å². The molecule has 0 unspecified atom stereocenters. The number of benzene rings is 1. The monoisotopic (exact) mass is 258 g/mol. The lowest BCUT2D eigenvalue weighted by Crippen LogP contribution is -2.25. The topological polar surface area (TPSA) is 44.1 Å². The summed E-state index contributed by atoms with van der Waals surface area (Å²) >= 11 is 1.72. The lowest BCUT2D eigenvalue weighted by Gasteiger charge is -2.14. The maximum Gasteiger partial charge on any atom is 0.160 e. The van der Waals surface area contributed by atoms with E-state index in [1.807, 2.05) is 30.1 Å². The van der Waals surface area contributed by atoms with Crippen LogP contribution in [-0.2, 0) is 11.3 Å². The summed E-state index contributed by atoms with van der Waals surface area (Å²) in [5, 5.41) is 11.8. The first-order valence-corrected chi connectivity index (χ1v) is 6.61. The molecular weight excluding hydrogens is 244 g/mol. The molecule has 3 nitrogen and oxygen atoms in total. The highest BCUT2D eigenvalue weighted by atomic mass is 32.1. The molecule has 4 heteroatoms. The van der Waals surface area contributed by atoms with Gasteiger partial charge in [0, 0.05) is 11.2 Å². The summed E-state index contributed by atoms with van der Waals surface area (Å²) in [4.78, 5) is 13.3. The summed E-state index contributed by atoms with van der Waals surface area (Å²) in [5.41, 5.74) is 1.24. The van der Waals surface area contributed by atoms with Crippen LogP contribution in [0.4, 0.5) is 0 Å². The molecule has 0 aliphatic rings. The quantitative estimate of drug-likeness (QED) is 0.828. The maximum absolute atomic E-state index is 11.4. The minimum atomic E-state index is -0.0282. The zero-order chi connectivity index (χ0) is 13.0. The summed E-state index contributed by atoms with van der Waals surface area (Å²) in [7, 11) is 1.90. The van der Waals surface area contributed by atoms with Crippen LogP contribution in [0.5, 0.6) is 0 Å². The normalized spacial score (nSPS) is 10.7. The van der Waals surface area contributed by atoms with Crippen molar-refractivity contribution in [3.8, 4) is 6.07 Å². The Morgan fingerprint density at radius 1 is 1.44 bits per heavy atom. The Bertz CT molecular complexity index is 597. The second-order valence-corrected chi connectivity index (χ2v) is 5.21. The van der Waals surface area contributed by atoms with Crippen molar-refractivity contribution < 1.29 is 4.79 Å². The fourth-order valence-corrected chi connectivity index (χ4v) is 2.90. The Morgan fingerprint density at radius 2 is 2.22 bits per heavy atom. The van der Waals surface area contributed by atoms with Gasteiger partial charge in [0.05, 0.1) is 19.0 Å². The van der Waals surface area contributed by atoms with Gasteiger partial charge in [-0.15, -0.1) is 11.3 Å². The third-order valence-corrected chi connectivity index (χ3v) is 3.74. The van der Waals surface area contributed by atoms with E-state index < -0.39 is 0 Å². The summed E-state index contributed by atoms with van der Waals surface area (Å²) in [6.07, 6.45) is -0.00523. The average Bonchev–Trinajstić information content (AvgIpc) is 2.73. The number of likely N-dealkylation sites (N-methyl/N-ethyl adjacent to an activating group) is 1. The SMILES string of the molecule is CN(CC(=O)CC#N)Cc1csc2ccccc12. The molecule has 1 aromatic heterocycles. The molecule has 0 amide bonds. The number of Topliss-reactive ketones (excluding diaryl/α,β-unsaturated/α-hetero) is 1. The van der Waals surface area contributed by atoms with Crippen molar-refractivity contribution in [1.29, 1.82) is 5.26 Å². The number of ketones is 1. The van der Waals surface area contributed by atoms with Crippen LogP contribution >= 0.6 is 11.3 Å². The van der Waals surface area contributed by atoms with Gasteiger partial charge in [0.15, 0.2) is 5.78 Å². The molecule has 18 heavy (non-hydrogen) atoms. The Balaban J connectivity index is 2.05. The number of carbonyl (C=O) groups excluding carboxylic acids is 1. The molecule has 0 saturated carbocycles. The van der Waals surface area contributed by atoms with E-state index in [0.29, 0.717) is 6.54 Å². The molecule has 0 atom stereocenters. The fraction of sp³-hybridized carbons (Fsp3) is 0.286. The van der Waals surface area contributed by atoms with Crippen LogP contribution in [0.1, 0.15) is 12.0 Å². The minimum Gasteiger partial charge on any atom is -0.297 e. The lowest BCUT2D eigenvalue weighted by atomic mass is 10.1. The summed E-state index contributed by atoms with van der Waals surface area (Å²) in [6, 6.07) is 10.1. The predicted molar refractivity (Wildman–Crippen MR) is 73.4 cm³/mol. The Hall–Kier alpha value is -1.70. The highest BCUT2D eigenvalue weighted by Crippen LogP contribution is 2.26. The molecule has 1 heterocycles. The van der Waals surface area contributed by atoms with Gasteiger partial charge in [-0.1, -0.05) is 18.2 Å². The maximum atomic E-state index is 11.4. The van der Waals surface area contributed by atoms with E-state index >= 15 is 0 Å². The van der Waals surface area contributed by atoms with E-state index in [1.54, 1.807) is 11.3 Å². The van der Waals surface area contributed by atoms with Gasteiger partial charge in [0.1, 0.15) is 0 Å². The van der Waals surface area contributed by atoms with E-state index in [2.05, 4.69) is 17.5 Å². The molecular formula is C14H14N2OS. The molecule has 0 spiro atoms. The van der Waals surface area contributed by atoms with Crippen LogP contribution in [0, 0.1) is 11.3 Å².